The van der Waals surface area contributed by atoms with Crippen LogP contribution in [0.4, 0.5) is 11.4 Å². The van der Waals surface area contributed by atoms with Crippen molar-refractivity contribution in [3.05, 3.63) is 42.5 Å². The zero-order valence-electron chi connectivity index (χ0n) is 19.4. The Labute approximate surface area is 201 Å². The number of sulfonamides is 1. The molecule has 0 atom stereocenters. The van der Waals surface area contributed by atoms with Crippen LogP contribution in [0.1, 0.15) is 19.3 Å². The minimum atomic E-state index is -3.70. The van der Waals surface area contributed by atoms with Crippen LogP contribution >= 0.6 is 0 Å². The van der Waals surface area contributed by atoms with E-state index in [1.807, 2.05) is 12.1 Å². The van der Waals surface area contributed by atoms with E-state index < -0.39 is 10.0 Å². The van der Waals surface area contributed by atoms with Crippen LogP contribution in [0.25, 0.3) is 0 Å². The number of carbonyl (C=O) groups excluding carboxylic acids is 1. The number of amides is 1. The lowest BCUT2D eigenvalue weighted by atomic mass is 10.2. The predicted octanol–water partition coefficient (Wildman–Crippen LogP) is 2.34. The second kappa shape index (κ2) is 10.6. The number of hydrogen-bond donors (Lipinski definition) is 2. The van der Waals surface area contributed by atoms with Crippen molar-refractivity contribution in [1.29, 1.82) is 0 Å². The summed E-state index contributed by atoms with van der Waals surface area (Å²) in [5, 5.41) is 12.3. The van der Waals surface area contributed by atoms with Crippen LogP contribution in [0.15, 0.2) is 47.4 Å². The van der Waals surface area contributed by atoms with Gasteiger partial charge in [0, 0.05) is 50.6 Å². The van der Waals surface area contributed by atoms with Gasteiger partial charge in [-0.15, -0.1) is 0 Å². The van der Waals surface area contributed by atoms with Gasteiger partial charge < -0.3 is 20.1 Å². The quantitative estimate of drug-likeness (QED) is 0.617. The van der Waals surface area contributed by atoms with Crippen molar-refractivity contribution >= 4 is 27.3 Å². The third-order valence-corrected chi connectivity index (χ3v) is 8.25. The largest absolute Gasteiger partial charge is 0.508 e. The Morgan fingerprint density at radius 1 is 0.971 bits per heavy atom. The van der Waals surface area contributed by atoms with E-state index in [4.69, 9.17) is 4.74 Å². The van der Waals surface area contributed by atoms with Crippen molar-refractivity contribution in [1.82, 2.24) is 9.21 Å². The number of rotatable bonds is 7. The lowest BCUT2D eigenvalue weighted by molar-refractivity contribution is -0.117. The number of nitrogens with zero attached hydrogens (tertiary/aromatic N) is 3. The van der Waals surface area contributed by atoms with Gasteiger partial charge in [0.15, 0.2) is 0 Å². The molecule has 0 aromatic heterocycles. The average Bonchev–Trinajstić information content (AvgIpc) is 2.85. The van der Waals surface area contributed by atoms with Crippen LogP contribution in [-0.2, 0) is 14.8 Å². The molecule has 2 aliphatic rings. The van der Waals surface area contributed by atoms with E-state index in [-0.39, 0.29) is 28.8 Å². The standard InChI is InChI=1S/C24H32N4O5S/c1-33-22-10-5-19(17-23(22)34(31,32)28-11-3-2-4-12-28)25-24(30)18-26-13-15-27(16-14-26)20-6-8-21(29)9-7-20/h5-10,17,29H,2-4,11-16,18H2,1H3,(H,25,30). The molecule has 4 rings (SSSR count). The Kier molecular flexibility index (Phi) is 7.60. The van der Waals surface area contributed by atoms with Gasteiger partial charge in [-0.2, -0.15) is 4.31 Å². The van der Waals surface area contributed by atoms with Crippen LogP contribution in [0.2, 0.25) is 0 Å². The Hall–Kier alpha value is -2.82. The van der Waals surface area contributed by atoms with Crippen LogP contribution < -0.4 is 15.0 Å². The van der Waals surface area contributed by atoms with E-state index in [2.05, 4.69) is 15.1 Å². The fourth-order valence-electron chi connectivity index (χ4n) is 4.43. The molecule has 2 saturated heterocycles. The lowest BCUT2D eigenvalue weighted by Gasteiger charge is -2.35. The van der Waals surface area contributed by atoms with E-state index >= 15 is 0 Å². The number of piperidine rings is 1. The number of phenols is 1. The molecule has 2 aromatic rings. The summed E-state index contributed by atoms with van der Waals surface area (Å²) in [6.07, 6.45) is 2.72. The Morgan fingerprint density at radius 3 is 2.29 bits per heavy atom. The monoisotopic (exact) mass is 488 g/mol. The van der Waals surface area contributed by atoms with Gasteiger partial charge in [-0.25, -0.2) is 8.42 Å². The molecule has 0 saturated carbocycles. The molecule has 184 valence electrons. The molecule has 0 spiro atoms. The van der Waals surface area contributed by atoms with Crippen molar-refractivity contribution in [2.24, 2.45) is 0 Å². The molecule has 2 aliphatic heterocycles. The van der Waals surface area contributed by atoms with Gasteiger partial charge >= 0.3 is 0 Å². The van der Waals surface area contributed by atoms with Gasteiger partial charge in [-0.05, 0) is 55.3 Å². The highest BCUT2D eigenvalue weighted by Gasteiger charge is 2.29. The molecule has 2 aromatic carbocycles. The summed E-state index contributed by atoms with van der Waals surface area (Å²) in [4.78, 5) is 17.1. The normalized spacial score (nSPS) is 18.0. The summed E-state index contributed by atoms with van der Waals surface area (Å²) in [5.41, 5.74) is 1.48. The zero-order chi connectivity index (χ0) is 24.1. The number of ether oxygens (including phenoxy) is 1. The minimum Gasteiger partial charge on any atom is -0.508 e. The number of carbonyl (C=O) groups is 1. The number of benzene rings is 2. The summed E-state index contributed by atoms with van der Waals surface area (Å²) in [6, 6.07) is 11.8. The maximum atomic E-state index is 13.2. The number of piperazine rings is 1. The van der Waals surface area contributed by atoms with Crippen molar-refractivity contribution < 1.29 is 23.1 Å². The van der Waals surface area contributed by atoms with Crippen molar-refractivity contribution in [3.8, 4) is 11.5 Å². The number of methoxy groups -OCH3 is 1. The third-order valence-electron chi connectivity index (χ3n) is 6.33. The third kappa shape index (κ3) is 5.63. The summed E-state index contributed by atoms with van der Waals surface area (Å²) in [5.74, 6) is 0.322. The molecular weight excluding hydrogens is 456 g/mol. The average molecular weight is 489 g/mol. The maximum absolute atomic E-state index is 13.2. The Balaban J connectivity index is 1.37. The molecule has 9 nitrogen and oxygen atoms in total. The van der Waals surface area contributed by atoms with E-state index in [1.54, 1.807) is 24.3 Å². The van der Waals surface area contributed by atoms with E-state index in [0.29, 0.717) is 18.8 Å². The van der Waals surface area contributed by atoms with Crippen LogP contribution in [0, 0.1) is 0 Å². The highest BCUT2D eigenvalue weighted by molar-refractivity contribution is 7.89. The predicted molar refractivity (Wildman–Crippen MR) is 131 cm³/mol. The van der Waals surface area contributed by atoms with Gasteiger partial charge in [0.2, 0.25) is 15.9 Å². The molecule has 0 radical (unpaired) electrons. The first kappa shape index (κ1) is 24.3. The second-order valence-electron chi connectivity index (χ2n) is 8.66. The minimum absolute atomic E-state index is 0.0808. The van der Waals surface area contributed by atoms with Crippen molar-refractivity contribution in [3.63, 3.8) is 0 Å². The van der Waals surface area contributed by atoms with E-state index in [0.717, 1.165) is 51.1 Å². The fourth-order valence-corrected chi connectivity index (χ4v) is 6.13. The molecule has 10 heteroatoms. The molecule has 1 amide bonds. The molecule has 34 heavy (non-hydrogen) atoms. The summed E-state index contributed by atoms with van der Waals surface area (Å²) >= 11 is 0. The van der Waals surface area contributed by atoms with Gasteiger partial charge in [0.25, 0.3) is 0 Å². The number of nitrogens with one attached hydrogen (secondary N) is 1. The summed E-state index contributed by atoms with van der Waals surface area (Å²) in [6.45, 7) is 4.23. The number of anilines is 2. The van der Waals surface area contributed by atoms with Gasteiger partial charge in [-0.1, -0.05) is 6.42 Å². The first-order valence-electron chi connectivity index (χ1n) is 11.6. The van der Waals surface area contributed by atoms with E-state index in [1.165, 1.54) is 17.5 Å². The zero-order valence-corrected chi connectivity index (χ0v) is 20.3. The number of phenolic OH excluding ortho intramolecular Hbond substituents is 1. The molecule has 2 fully saturated rings. The van der Waals surface area contributed by atoms with Crippen LogP contribution in [-0.4, -0.2) is 81.6 Å². The first-order chi connectivity index (χ1) is 16.4. The maximum Gasteiger partial charge on any atom is 0.246 e. The van der Waals surface area contributed by atoms with Crippen molar-refractivity contribution in [2.75, 3.05) is 63.1 Å². The van der Waals surface area contributed by atoms with Gasteiger partial charge in [0.1, 0.15) is 16.4 Å². The van der Waals surface area contributed by atoms with Crippen molar-refractivity contribution in [2.45, 2.75) is 24.2 Å². The van der Waals surface area contributed by atoms with Crippen LogP contribution in [0.3, 0.4) is 0 Å². The first-order valence-corrected chi connectivity index (χ1v) is 13.1. The summed E-state index contributed by atoms with van der Waals surface area (Å²) in [7, 11) is -2.26. The van der Waals surface area contributed by atoms with Gasteiger partial charge in [0.05, 0.1) is 13.7 Å². The molecule has 0 aliphatic carbocycles. The topological polar surface area (TPSA) is 102 Å². The highest BCUT2D eigenvalue weighted by atomic mass is 32.2. The molecular formula is C24H32N4O5S. The molecule has 2 heterocycles. The smallest absolute Gasteiger partial charge is 0.246 e. The molecule has 0 unspecified atom stereocenters. The number of aromatic hydroxyl groups is 1. The summed E-state index contributed by atoms with van der Waals surface area (Å²) < 4.78 is 33.2. The highest BCUT2D eigenvalue weighted by Crippen LogP contribution is 2.31. The van der Waals surface area contributed by atoms with Crippen LogP contribution in [0.5, 0.6) is 11.5 Å². The number of hydrogen-bond acceptors (Lipinski definition) is 7. The lowest BCUT2D eigenvalue weighted by Crippen LogP contribution is -2.48. The van der Waals surface area contributed by atoms with Gasteiger partial charge in [-0.3, -0.25) is 9.69 Å². The Morgan fingerprint density at radius 2 is 1.65 bits per heavy atom. The Bertz CT molecular complexity index is 1090. The fraction of sp³-hybridized carbons (Fsp3) is 0.458. The second-order valence-corrected chi connectivity index (χ2v) is 10.6. The SMILES string of the molecule is COc1ccc(NC(=O)CN2CCN(c3ccc(O)cc3)CC2)cc1S(=O)(=O)N1CCCCC1. The van der Waals surface area contributed by atoms with E-state index in [9.17, 15) is 18.3 Å². The molecule has 2 N–H and O–H groups in total. The molecule has 0 bridgehead atoms.